The Labute approximate surface area is 147 Å². The van der Waals surface area contributed by atoms with Crippen LogP contribution >= 0.6 is 0 Å². The molecule has 0 unspecified atom stereocenters. The standard InChI is InChI=1S/C18H31N3O2S/c1-16(2)20(3)15-18-10-8-17(9-11-18)14-19-24(22,23)21-12-6-4-5-7-13-21/h8-11,16,19H,4-7,12-15H2,1-3H3. The topological polar surface area (TPSA) is 52.7 Å². The molecular weight excluding hydrogens is 322 g/mol. The lowest BCUT2D eigenvalue weighted by Crippen LogP contribution is -2.40. The maximum Gasteiger partial charge on any atom is 0.279 e. The lowest BCUT2D eigenvalue weighted by Gasteiger charge is -2.21. The molecule has 1 saturated heterocycles. The summed E-state index contributed by atoms with van der Waals surface area (Å²) in [6.07, 6.45) is 4.16. The van der Waals surface area contributed by atoms with E-state index in [-0.39, 0.29) is 0 Å². The lowest BCUT2D eigenvalue weighted by atomic mass is 10.1. The van der Waals surface area contributed by atoms with Crippen molar-refractivity contribution in [3.05, 3.63) is 35.4 Å². The molecule has 0 radical (unpaired) electrons. The van der Waals surface area contributed by atoms with Crippen LogP contribution in [0.4, 0.5) is 0 Å². The van der Waals surface area contributed by atoms with Crippen LogP contribution in [-0.4, -0.2) is 43.8 Å². The van der Waals surface area contributed by atoms with Crippen molar-refractivity contribution in [2.75, 3.05) is 20.1 Å². The van der Waals surface area contributed by atoms with E-state index in [9.17, 15) is 8.42 Å². The molecular formula is C18H31N3O2S. The van der Waals surface area contributed by atoms with Crippen LogP contribution in [-0.2, 0) is 23.3 Å². The molecule has 0 bridgehead atoms. The van der Waals surface area contributed by atoms with Crippen molar-refractivity contribution < 1.29 is 8.42 Å². The van der Waals surface area contributed by atoms with Crippen LogP contribution in [0.25, 0.3) is 0 Å². The molecule has 136 valence electrons. The molecule has 24 heavy (non-hydrogen) atoms. The lowest BCUT2D eigenvalue weighted by molar-refractivity contribution is 0.266. The smallest absolute Gasteiger partial charge is 0.279 e. The summed E-state index contributed by atoms with van der Waals surface area (Å²) >= 11 is 0. The van der Waals surface area contributed by atoms with E-state index >= 15 is 0 Å². The molecule has 0 saturated carbocycles. The molecule has 1 N–H and O–H groups in total. The number of rotatable bonds is 7. The summed E-state index contributed by atoms with van der Waals surface area (Å²) in [5.74, 6) is 0. The molecule has 6 heteroatoms. The SMILES string of the molecule is CC(C)N(C)Cc1ccc(CNS(=O)(=O)N2CCCCCC2)cc1. The Kier molecular flexibility index (Phi) is 7.22. The van der Waals surface area contributed by atoms with Gasteiger partial charge in [0, 0.05) is 32.2 Å². The highest BCUT2D eigenvalue weighted by Crippen LogP contribution is 2.13. The van der Waals surface area contributed by atoms with E-state index in [1.54, 1.807) is 4.31 Å². The van der Waals surface area contributed by atoms with Gasteiger partial charge in [-0.3, -0.25) is 4.90 Å². The van der Waals surface area contributed by atoms with Gasteiger partial charge < -0.3 is 0 Å². The normalized spacial score (nSPS) is 17.4. The first-order valence-corrected chi connectivity index (χ1v) is 10.4. The zero-order valence-corrected chi connectivity index (χ0v) is 16.0. The summed E-state index contributed by atoms with van der Waals surface area (Å²) in [7, 11) is -1.27. The van der Waals surface area contributed by atoms with Crippen LogP contribution in [0.15, 0.2) is 24.3 Å². The summed E-state index contributed by atoms with van der Waals surface area (Å²) in [6, 6.07) is 8.68. The second-order valence-electron chi connectivity index (χ2n) is 6.96. The van der Waals surface area contributed by atoms with Gasteiger partial charge in [0.1, 0.15) is 0 Å². The van der Waals surface area contributed by atoms with Crippen molar-refractivity contribution in [1.82, 2.24) is 13.9 Å². The molecule has 1 aromatic carbocycles. The fraction of sp³-hybridized carbons (Fsp3) is 0.667. The number of nitrogens with zero attached hydrogens (tertiary/aromatic N) is 2. The molecule has 0 spiro atoms. The average Bonchev–Trinajstić information content (AvgIpc) is 2.84. The van der Waals surface area contributed by atoms with Crippen molar-refractivity contribution in [1.29, 1.82) is 0 Å². The van der Waals surface area contributed by atoms with E-state index in [2.05, 4.69) is 42.6 Å². The Morgan fingerprint density at radius 3 is 2.12 bits per heavy atom. The molecule has 0 aromatic heterocycles. The Hall–Kier alpha value is -0.950. The molecule has 1 heterocycles. The van der Waals surface area contributed by atoms with Crippen LogP contribution in [0.3, 0.4) is 0 Å². The first-order chi connectivity index (χ1) is 11.4. The Bertz CT molecular complexity index is 591. The third kappa shape index (κ3) is 5.84. The van der Waals surface area contributed by atoms with Crippen molar-refractivity contribution >= 4 is 10.2 Å². The third-order valence-electron chi connectivity index (χ3n) is 4.70. The van der Waals surface area contributed by atoms with Gasteiger partial charge in [0.2, 0.25) is 0 Å². The second kappa shape index (κ2) is 8.94. The number of benzene rings is 1. The number of nitrogens with one attached hydrogen (secondary N) is 1. The van der Waals surface area contributed by atoms with E-state index in [0.29, 0.717) is 25.7 Å². The minimum atomic E-state index is -3.37. The molecule has 0 amide bonds. The average molecular weight is 354 g/mol. The first-order valence-electron chi connectivity index (χ1n) is 8.91. The second-order valence-corrected chi connectivity index (χ2v) is 8.72. The van der Waals surface area contributed by atoms with Crippen molar-refractivity contribution in [2.24, 2.45) is 0 Å². The monoisotopic (exact) mass is 353 g/mol. The summed E-state index contributed by atoms with van der Waals surface area (Å²) in [4.78, 5) is 2.27. The minimum absolute atomic E-state index is 0.346. The maximum absolute atomic E-state index is 12.4. The van der Waals surface area contributed by atoms with Gasteiger partial charge >= 0.3 is 0 Å². The van der Waals surface area contributed by atoms with Crippen molar-refractivity contribution in [2.45, 2.75) is 58.7 Å². The summed E-state index contributed by atoms with van der Waals surface area (Å²) in [5.41, 5.74) is 2.23. The minimum Gasteiger partial charge on any atom is -0.300 e. The van der Waals surface area contributed by atoms with E-state index in [1.165, 1.54) is 5.56 Å². The fourth-order valence-corrected chi connectivity index (χ4v) is 4.05. The molecule has 1 aliphatic heterocycles. The van der Waals surface area contributed by atoms with Gasteiger partial charge in [0.25, 0.3) is 10.2 Å². The van der Waals surface area contributed by atoms with Crippen LogP contribution in [0.5, 0.6) is 0 Å². The van der Waals surface area contributed by atoms with E-state index in [4.69, 9.17) is 0 Å². The van der Waals surface area contributed by atoms with E-state index < -0.39 is 10.2 Å². The van der Waals surface area contributed by atoms with Gasteiger partial charge in [-0.1, -0.05) is 37.1 Å². The quantitative estimate of drug-likeness (QED) is 0.820. The third-order valence-corrected chi connectivity index (χ3v) is 6.25. The van der Waals surface area contributed by atoms with Gasteiger partial charge in [0.15, 0.2) is 0 Å². The molecule has 1 aromatic rings. The largest absolute Gasteiger partial charge is 0.300 e. The summed E-state index contributed by atoms with van der Waals surface area (Å²) in [5, 5.41) is 0. The van der Waals surface area contributed by atoms with Gasteiger partial charge in [-0.15, -0.1) is 0 Å². The molecule has 1 aliphatic rings. The number of hydrogen-bond donors (Lipinski definition) is 1. The Morgan fingerprint density at radius 2 is 1.58 bits per heavy atom. The Balaban J connectivity index is 1.89. The van der Waals surface area contributed by atoms with E-state index in [1.807, 2.05) is 12.1 Å². The predicted octanol–water partition coefficient (Wildman–Crippen LogP) is 2.74. The zero-order chi connectivity index (χ0) is 17.6. The molecule has 1 fully saturated rings. The highest BCUT2D eigenvalue weighted by molar-refractivity contribution is 7.87. The predicted molar refractivity (Wildman–Crippen MR) is 98.8 cm³/mol. The van der Waals surface area contributed by atoms with E-state index in [0.717, 1.165) is 37.8 Å². The van der Waals surface area contributed by atoms with Gasteiger partial charge in [0.05, 0.1) is 0 Å². The van der Waals surface area contributed by atoms with Crippen LogP contribution in [0, 0.1) is 0 Å². The highest BCUT2D eigenvalue weighted by atomic mass is 32.2. The number of hydrogen-bond acceptors (Lipinski definition) is 3. The maximum atomic E-state index is 12.4. The summed E-state index contributed by atoms with van der Waals surface area (Å²) < 4.78 is 29.1. The van der Waals surface area contributed by atoms with Crippen molar-refractivity contribution in [3.63, 3.8) is 0 Å². The molecule has 5 nitrogen and oxygen atoms in total. The zero-order valence-electron chi connectivity index (χ0n) is 15.2. The van der Waals surface area contributed by atoms with Gasteiger partial charge in [-0.05, 0) is 44.9 Å². The molecule has 0 atom stereocenters. The van der Waals surface area contributed by atoms with Gasteiger partial charge in [-0.25, -0.2) is 0 Å². The molecule has 0 aliphatic carbocycles. The Morgan fingerprint density at radius 1 is 1.04 bits per heavy atom. The van der Waals surface area contributed by atoms with Crippen LogP contribution < -0.4 is 4.72 Å². The van der Waals surface area contributed by atoms with Crippen LogP contribution in [0.2, 0.25) is 0 Å². The van der Waals surface area contributed by atoms with Crippen molar-refractivity contribution in [3.8, 4) is 0 Å². The van der Waals surface area contributed by atoms with Gasteiger partial charge in [-0.2, -0.15) is 17.4 Å². The highest BCUT2D eigenvalue weighted by Gasteiger charge is 2.22. The fourth-order valence-electron chi connectivity index (χ4n) is 2.78. The summed E-state index contributed by atoms with van der Waals surface area (Å²) in [6.45, 7) is 6.86. The molecule has 2 rings (SSSR count). The first kappa shape index (κ1) is 19.4. The van der Waals surface area contributed by atoms with Crippen LogP contribution in [0.1, 0.15) is 50.7 Å².